The Kier molecular flexibility index (Phi) is 4.91. The minimum absolute atomic E-state index is 0.121. The summed E-state index contributed by atoms with van der Waals surface area (Å²) in [6.45, 7) is 0.591. The lowest BCUT2D eigenvalue weighted by atomic mass is 9.63. The molecule has 3 aromatic heterocycles. The van der Waals surface area contributed by atoms with Gasteiger partial charge in [-0.1, -0.05) is 18.6 Å². The van der Waals surface area contributed by atoms with Gasteiger partial charge in [-0.05, 0) is 36.6 Å². The van der Waals surface area contributed by atoms with Crippen LogP contribution in [0.3, 0.4) is 0 Å². The molecule has 0 spiro atoms. The van der Waals surface area contributed by atoms with Crippen LogP contribution in [0.2, 0.25) is 0 Å². The molecule has 0 unspecified atom stereocenters. The molecule has 35 heavy (non-hydrogen) atoms. The number of halogens is 3. The quantitative estimate of drug-likeness (QED) is 0.438. The highest BCUT2D eigenvalue weighted by molar-refractivity contribution is 5.83. The first-order chi connectivity index (χ1) is 16.8. The van der Waals surface area contributed by atoms with Gasteiger partial charge in [0.15, 0.2) is 0 Å². The lowest BCUT2D eigenvalue weighted by Gasteiger charge is -2.41. The van der Waals surface area contributed by atoms with Crippen molar-refractivity contribution in [1.29, 1.82) is 0 Å². The third-order valence-corrected chi connectivity index (χ3v) is 7.05. The third-order valence-electron chi connectivity index (χ3n) is 7.05. The van der Waals surface area contributed by atoms with E-state index in [9.17, 15) is 18.0 Å². The van der Waals surface area contributed by atoms with Gasteiger partial charge in [-0.3, -0.25) is 13.9 Å². The van der Waals surface area contributed by atoms with Crippen LogP contribution >= 0.6 is 0 Å². The molecule has 6 rings (SSSR count). The van der Waals surface area contributed by atoms with Crippen molar-refractivity contribution in [3.05, 3.63) is 76.4 Å². The van der Waals surface area contributed by atoms with E-state index in [1.165, 1.54) is 16.8 Å². The van der Waals surface area contributed by atoms with Gasteiger partial charge in [0.05, 0.1) is 24.2 Å². The number of pyridine rings is 1. The molecule has 4 aromatic rings. The SMILES string of the molecule is Cn1cnnc1C1(c2cccc(-n3cc(C(F)(F)F)c4ccn(C5OCCO5)c4c3=O)c2)CCC1. The lowest BCUT2D eigenvalue weighted by Crippen LogP contribution is -2.38. The average Bonchev–Trinajstić information content (AvgIpc) is 3.54. The third kappa shape index (κ3) is 3.33. The van der Waals surface area contributed by atoms with Gasteiger partial charge < -0.3 is 14.0 Å². The fourth-order valence-corrected chi connectivity index (χ4v) is 5.20. The molecule has 1 saturated heterocycles. The Labute approximate surface area is 197 Å². The largest absolute Gasteiger partial charge is 0.418 e. The Morgan fingerprint density at radius 1 is 1.14 bits per heavy atom. The zero-order valence-electron chi connectivity index (χ0n) is 18.8. The van der Waals surface area contributed by atoms with Crippen LogP contribution in [0, 0.1) is 0 Å². The van der Waals surface area contributed by atoms with Gasteiger partial charge in [0, 0.05) is 30.5 Å². The smallest absolute Gasteiger partial charge is 0.333 e. The summed E-state index contributed by atoms with van der Waals surface area (Å²) in [6, 6.07) is 8.37. The second-order valence-electron chi connectivity index (χ2n) is 9.00. The summed E-state index contributed by atoms with van der Waals surface area (Å²) in [5.74, 6) is 0.795. The maximum absolute atomic E-state index is 14.1. The van der Waals surface area contributed by atoms with E-state index in [4.69, 9.17) is 9.47 Å². The molecule has 11 heteroatoms. The zero-order valence-corrected chi connectivity index (χ0v) is 18.8. The molecule has 2 aliphatic rings. The van der Waals surface area contributed by atoms with E-state index in [0.29, 0.717) is 18.9 Å². The molecule has 1 aliphatic heterocycles. The minimum Gasteiger partial charge on any atom is -0.333 e. The van der Waals surface area contributed by atoms with Crippen LogP contribution < -0.4 is 5.56 Å². The van der Waals surface area contributed by atoms with E-state index in [2.05, 4.69) is 10.2 Å². The van der Waals surface area contributed by atoms with Gasteiger partial charge >= 0.3 is 6.18 Å². The fraction of sp³-hybridized carbons (Fsp3) is 0.375. The summed E-state index contributed by atoms with van der Waals surface area (Å²) >= 11 is 0. The Hall–Kier alpha value is -3.44. The van der Waals surface area contributed by atoms with Crippen LogP contribution in [0.25, 0.3) is 16.6 Å². The second kappa shape index (κ2) is 7.79. The fourth-order valence-electron chi connectivity index (χ4n) is 5.20. The van der Waals surface area contributed by atoms with Crippen molar-refractivity contribution in [3.8, 4) is 5.69 Å². The van der Waals surface area contributed by atoms with E-state index in [-0.39, 0.29) is 10.9 Å². The van der Waals surface area contributed by atoms with Gasteiger partial charge in [0.2, 0.25) is 6.41 Å². The number of aryl methyl sites for hydroxylation is 1. The van der Waals surface area contributed by atoms with Gasteiger partial charge in [0.1, 0.15) is 17.7 Å². The first kappa shape index (κ1) is 22.1. The highest BCUT2D eigenvalue weighted by atomic mass is 19.4. The lowest BCUT2D eigenvalue weighted by molar-refractivity contribution is -0.136. The standard InChI is InChI=1S/C24H22F3N5O3/c1-30-14-28-29-21(30)23(7-3-8-23)15-4-2-5-16(12-15)32-13-18(24(25,26)27)17-6-9-31(19(17)20(32)33)22-34-10-11-35-22/h2,4-6,9,12-14,22H,3,7-8,10-11H2,1H3. The molecule has 182 valence electrons. The minimum atomic E-state index is -4.66. The van der Waals surface area contributed by atoms with Crippen LogP contribution in [-0.2, 0) is 28.1 Å². The van der Waals surface area contributed by atoms with Gasteiger partial charge in [0.25, 0.3) is 5.56 Å². The van der Waals surface area contributed by atoms with Crippen molar-refractivity contribution in [2.45, 2.75) is 37.3 Å². The second-order valence-corrected chi connectivity index (χ2v) is 9.00. The van der Waals surface area contributed by atoms with E-state index in [1.54, 1.807) is 24.5 Å². The Morgan fingerprint density at radius 2 is 1.91 bits per heavy atom. The molecular weight excluding hydrogens is 463 g/mol. The molecular formula is C24H22F3N5O3. The van der Waals surface area contributed by atoms with E-state index in [1.807, 2.05) is 17.7 Å². The molecule has 2 fully saturated rings. The molecule has 0 bridgehead atoms. The first-order valence-electron chi connectivity index (χ1n) is 11.3. The molecule has 1 saturated carbocycles. The van der Waals surface area contributed by atoms with Gasteiger partial charge in [-0.25, -0.2) is 0 Å². The topological polar surface area (TPSA) is 76.1 Å². The molecule has 0 atom stereocenters. The Morgan fingerprint density at radius 3 is 2.54 bits per heavy atom. The number of fused-ring (bicyclic) bond motifs is 1. The number of nitrogens with zero attached hydrogens (tertiary/aromatic N) is 5. The van der Waals surface area contributed by atoms with Crippen LogP contribution in [0.5, 0.6) is 0 Å². The van der Waals surface area contributed by atoms with Crippen LogP contribution in [-0.4, -0.2) is 37.1 Å². The molecule has 0 radical (unpaired) electrons. The monoisotopic (exact) mass is 485 g/mol. The van der Waals surface area contributed by atoms with Crippen molar-refractivity contribution < 1.29 is 22.6 Å². The molecule has 0 amide bonds. The van der Waals surface area contributed by atoms with Crippen LogP contribution in [0.15, 0.2) is 53.8 Å². The normalized spacial score (nSPS) is 18.3. The predicted octanol–water partition coefficient (Wildman–Crippen LogP) is 3.91. The number of aromatic nitrogens is 5. The molecule has 8 nitrogen and oxygen atoms in total. The van der Waals surface area contributed by atoms with Crippen LogP contribution in [0.1, 0.15) is 42.6 Å². The number of ether oxygens (including phenoxy) is 2. The molecule has 1 aliphatic carbocycles. The summed E-state index contributed by atoms with van der Waals surface area (Å²) in [5.41, 5.74) is -0.779. The van der Waals surface area contributed by atoms with E-state index in [0.717, 1.165) is 41.4 Å². The van der Waals surface area contributed by atoms with E-state index >= 15 is 0 Å². The Balaban J connectivity index is 1.56. The van der Waals surface area contributed by atoms with Crippen molar-refractivity contribution in [1.82, 2.24) is 23.9 Å². The Bertz CT molecular complexity index is 1480. The summed E-state index contributed by atoms with van der Waals surface area (Å²) < 4.78 is 57.4. The highest BCUT2D eigenvalue weighted by Gasteiger charge is 2.44. The number of hydrogen-bond acceptors (Lipinski definition) is 5. The first-order valence-corrected chi connectivity index (χ1v) is 11.3. The molecule has 1 aromatic carbocycles. The van der Waals surface area contributed by atoms with Crippen molar-refractivity contribution in [2.24, 2.45) is 7.05 Å². The number of benzene rings is 1. The zero-order chi connectivity index (χ0) is 24.4. The predicted molar refractivity (Wildman–Crippen MR) is 119 cm³/mol. The summed E-state index contributed by atoms with van der Waals surface area (Å²) in [7, 11) is 1.87. The van der Waals surface area contributed by atoms with Crippen LogP contribution in [0.4, 0.5) is 13.2 Å². The van der Waals surface area contributed by atoms with Crippen molar-refractivity contribution in [2.75, 3.05) is 13.2 Å². The van der Waals surface area contributed by atoms with Crippen molar-refractivity contribution >= 4 is 10.9 Å². The summed E-state index contributed by atoms with van der Waals surface area (Å²) in [6.07, 6.45) is 0.967. The summed E-state index contributed by atoms with van der Waals surface area (Å²) in [5, 5.41) is 8.13. The maximum Gasteiger partial charge on any atom is 0.418 e. The molecule has 0 N–H and O–H groups in total. The van der Waals surface area contributed by atoms with Gasteiger partial charge in [-0.15, -0.1) is 10.2 Å². The highest BCUT2D eigenvalue weighted by Crippen LogP contribution is 2.48. The summed E-state index contributed by atoms with van der Waals surface area (Å²) in [4.78, 5) is 13.6. The number of rotatable bonds is 4. The maximum atomic E-state index is 14.1. The number of hydrogen-bond donors (Lipinski definition) is 0. The molecule has 4 heterocycles. The average molecular weight is 485 g/mol. The van der Waals surface area contributed by atoms with Crippen molar-refractivity contribution in [3.63, 3.8) is 0 Å². The van der Waals surface area contributed by atoms with E-state index < -0.39 is 29.1 Å². The number of alkyl halides is 3. The van der Waals surface area contributed by atoms with Gasteiger partial charge in [-0.2, -0.15) is 13.2 Å².